The van der Waals surface area contributed by atoms with Gasteiger partial charge in [-0.05, 0) is 18.2 Å². The number of methoxy groups -OCH3 is 2. The maximum atomic E-state index is 11.7. The summed E-state index contributed by atoms with van der Waals surface area (Å²) in [4.78, 5) is 27.6. The van der Waals surface area contributed by atoms with Crippen LogP contribution in [0.5, 0.6) is 0 Å². The lowest BCUT2D eigenvalue weighted by Crippen LogP contribution is -2.10. The van der Waals surface area contributed by atoms with Crippen LogP contribution < -0.4 is 5.32 Å². The van der Waals surface area contributed by atoms with Crippen LogP contribution in [0.25, 0.3) is 0 Å². The standard InChI is InChI=1S/C15H16ClN3O4/c1-19-12(16)7-18-13(19)8-17-11-5-9(14(20)22-2)4-10(6-11)15(21)23-3/h4-7,17H,8H2,1-3H3. The van der Waals surface area contributed by atoms with Gasteiger partial charge in [0.25, 0.3) is 0 Å². The van der Waals surface area contributed by atoms with Crippen molar-refractivity contribution in [1.82, 2.24) is 9.55 Å². The predicted molar refractivity (Wildman–Crippen MR) is 84.7 cm³/mol. The summed E-state index contributed by atoms with van der Waals surface area (Å²) in [7, 11) is 4.34. The van der Waals surface area contributed by atoms with Crippen molar-refractivity contribution >= 4 is 29.2 Å². The highest BCUT2D eigenvalue weighted by molar-refractivity contribution is 6.29. The minimum absolute atomic E-state index is 0.246. The van der Waals surface area contributed by atoms with E-state index < -0.39 is 11.9 Å². The first-order valence-corrected chi connectivity index (χ1v) is 7.05. The molecule has 1 aromatic heterocycles. The van der Waals surface area contributed by atoms with E-state index in [1.54, 1.807) is 29.9 Å². The molecule has 122 valence electrons. The second-order valence-electron chi connectivity index (χ2n) is 4.69. The van der Waals surface area contributed by atoms with Crippen molar-refractivity contribution in [3.63, 3.8) is 0 Å². The number of ether oxygens (including phenoxy) is 2. The van der Waals surface area contributed by atoms with Crippen LogP contribution in [0, 0.1) is 0 Å². The van der Waals surface area contributed by atoms with Crippen LogP contribution in [0.3, 0.4) is 0 Å². The lowest BCUT2D eigenvalue weighted by Gasteiger charge is -2.10. The molecule has 0 fully saturated rings. The quantitative estimate of drug-likeness (QED) is 0.843. The van der Waals surface area contributed by atoms with Crippen molar-refractivity contribution in [2.45, 2.75) is 6.54 Å². The van der Waals surface area contributed by atoms with Crippen molar-refractivity contribution in [2.24, 2.45) is 7.05 Å². The number of imidazole rings is 1. The number of halogens is 1. The maximum Gasteiger partial charge on any atom is 0.337 e. The largest absolute Gasteiger partial charge is 0.465 e. The normalized spacial score (nSPS) is 10.3. The Balaban J connectivity index is 2.27. The zero-order chi connectivity index (χ0) is 17.0. The average molecular weight is 338 g/mol. The first kappa shape index (κ1) is 16.8. The van der Waals surface area contributed by atoms with E-state index in [-0.39, 0.29) is 11.1 Å². The maximum absolute atomic E-state index is 11.7. The molecule has 0 unspecified atom stereocenters. The van der Waals surface area contributed by atoms with Crippen LogP contribution in [-0.4, -0.2) is 35.7 Å². The highest BCUT2D eigenvalue weighted by Crippen LogP contribution is 2.18. The van der Waals surface area contributed by atoms with Gasteiger partial charge < -0.3 is 19.4 Å². The van der Waals surface area contributed by atoms with E-state index in [1.807, 2.05) is 0 Å². The Bertz CT molecular complexity index is 708. The molecule has 0 saturated carbocycles. The van der Waals surface area contributed by atoms with Gasteiger partial charge in [-0.3, -0.25) is 0 Å². The molecule has 8 heteroatoms. The van der Waals surface area contributed by atoms with E-state index in [2.05, 4.69) is 10.3 Å². The fraction of sp³-hybridized carbons (Fsp3) is 0.267. The number of benzene rings is 1. The molecule has 7 nitrogen and oxygen atoms in total. The third-order valence-corrected chi connectivity index (χ3v) is 3.60. The molecule has 0 atom stereocenters. The Morgan fingerprint density at radius 2 is 1.74 bits per heavy atom. The molecule has 0 spiro atoms. The van der Waals surface area contributed by atoms with Gasteiger partial charge in [0.05, 0.1) is 38.1 Å². The summed E-state index contributed by atoms with van der Waals surface area (Å²) in [5, 5.41) is 3.61. The van der Waals surface area contributed by atoms with Gasteiger partial charge in [0.15, 0.2) is 0 Å². The number of rotatable bonds is 5. The number of esters is 2. The number of aromatic nitrogens is 2. The Kier molecular flexibility index (Phi) is 5.23. The number of hydrogen-bond donors (Lipinski definition) is 1. The smallest absolute Gasteiger partial charge is 0.337 e. The van der Waals surface area contributed by atoms with E-state index in [0.29, 0.717) is 23.2 Å². The van der Waals surface area contributed by atoms with E-state index in [1.165, 1.54) is 20.3 Å². The summed E-state index contributed by atoms with van der Waals surface area (Å²) in [6.45, 7) is 0.370. The molecule has 1 N–H and O–H groups in total. The first-order chi connectivity index (χ1) is 11.0. The summed E-state index contributed by atoms with van der Waals surface area (Å²) < 4.78 is 11.1. The first-order valence-electron chi connectivity index (χ1n) is 6.68. The molecular weight excluding hydrogens is 322 g/mol. The average Bonchev–Trinajstić information content (AvgIpc) is 2.90. The molecular formula is C15H16ClN3O4. The third-order valence-electron chi connectivity index (χ3n) is 3.25. The molecule has 0 aliphatic carbocycles. The number of nitrogens with one attached hydrogen (secondary N) is 1. The molecule has 1 aromatic carbocycles. The van der Waals surface area contributed by atoms with Crippen LogP contribution >= 0.6 is 11.6 Å². The highest BCUT2D eigenvalue weighted by atomic mass is 35.5. The van der Waals surface area contributed by atoms with Crippen LogP contribution in [0.1, 0.15) is 26.5 Å². The molecule has 0 amide bonds. The van der Waals surface area contributed by atoms with Crippen LogP contribution in [0.4, 0.5) is 5.69 Å². The molecule has 23 heavy (non-hydrogen) atoms. The fourth-order valence-corrected chi connectivity index (χ4v) is 2.12. The van der Waals surface area contributed by atoms with Gasteiger partial charge in [0, 0.05) is 12.7 Å². The minimum Gasteiger partial charge on any atom is -0.465 e. The lowest BCUT2D eigenvalue weighted by molar-refractivity contribution is 0.0599. The topological polar surface area (TPSA) is 82.5 Å². The second-order valence-corrected chi connectivity index (χ2v) is 5.08. The van der Waals surface area contributed by atoms with Crippen molar-refractivity contribution in [3.8, 4) is 0 Å². The van der Waals surface area contributed by atoms with Crippen molar-refractivity contribution in [1.29, 1.82) is 0 Å². The van der Waals surface area contributed by atoms with E-state index in [4.69, 9.17) is 21.1 Å². The van der Waals surface area contributed by atoms with Crippen molar-refractivity contribution in [3.05, 3.63) is 46.5 Å². The van der Waals surface area contributed by atoms with E-state index in [0.717, 1.165) is 0 Å². The number of anilines is 1. The molecule has 0 aliphatic rings. The van der Waals surface area contributed by atoms with Gasteiger partial charge in [0.2, 0.25) is 0 Å². The Labute approximate surface area is 138 Å². The zero-order valence-corrected chi connectivity index (χ0v) is 13.7. The predicted octanol–water partition coefficient (Wildman–Crippen LogP) is 2.26. The Morgan fingerprint density at radius 1 is 1.17 bits per heavy atom. The van der Waals surface area contributed by atoms with Gasteiger partial charge in [-0.2, -0.15) is 0 Å². The van der Waals surface area contributed by atoms with E-state index >= 15 is 0 Å². The molecule has 1 heterocycles. The fourth-order valence-electron chi connectivity index (χ4n) is 1.97. The second kappa shape index (κ2) is 7.15. The van der Waals surface area contributed by atoms with Gasteiger partial charge in [-0.15, -0.1) is 0 Å². The van der Waals surface area contributed by atoms with Crippen LogP contribution in [0.15, 0.2) is 24.4 Å². The molecule has 2 aromatic rings. The third kappa shape index (κ3) is 3.81. The number of carbonyl (C=O) groups is 2. The number of carbonyl (C=O) groups excluding carboxylic acids is 2. The molecule has 0 bridgehead atoms. The number of nitrogens with zero attached hydrogens (tertiary/aromatic N) is 2. The van der Waals surface area contributed by atoms with Gasteiger partial charge in [-0.25, -0.2) is 14.6 Å². The van der Waals surface area contributed by atoms with Gasteiger partial charge in [-0.1, -0.05) is 11.6 Å². The Hall–Kier alpha value is -2.54. The molecule has 0 aliphatic heterocycles. The summed E-state index contributed by atoms with van der Waals surface area (Å²) in [6.07, 6.45) is 1.54. The zero-order valence-electron chi connectivity index (χ0n) is 12.9. The SMILES string of the molecule is COC(=O)c1cc(NCc2ncc(Cl)n2C)cc(C(=O)OC)c1. The summed E-state index contributed by atoms with van der Waals surface area (Å²) in [6, 6.07) is 4.59. The molecule has 0 radical (unpaired) electrons. The van der Waals surface area contributed by atoms with E-state index in [9.17, 15) is 9.59 Å². The molecule has 0 saturated heterocycles. The van der Waals surface area contributed by atoms with Crippen LogP contribution in [-0.2, 0) is 23.1 Å². The monoisotopic (exact) mass is 337 g/mol. The van der Waals surface area contributed by atoms with Crippen molar-refractivity contribution in [2.75, 3.05) is 19.5 Å². The van der Waals surface area contributed by atoms with Gasteiger partial charge >= 0.3 is 11.9 Å². The Morgan fingerprint density at radius 3 is 2.17 bits per heavy atom. The molecule has 2 rings (SSSR count). The highest BCUT2D eigenvalue weighted by Gasteiger charge is 2.14. The minimum atomic E-state index is -0.543. The summed E-state index contributed by atoms with van der Waals surface area (Å²) in [5.74, 6) is -0.379. The summed E-state index contributed by atoms with van der Waals surface area (Å²) >= 11 is 5.93. The number of hydrogen-bond acceptors (Lipinski definition) is 6. The summed E-state index contributed by atoms with van der Waals surface area (Å²) in [5.41, 5.74) is 1.05. The van der Waals surface area contributed by atoms with Crippen molar-refractivity contribution < 1.29 is 19.1 Å². The lowest BCUT2D eigenvalue weighted by atomic mass is 10.1. The van der Waals surface area contributed by atoms with Crippen LogP contribution in [0.2, 0.25) is 5.15 Å². The van der Waals surface area contributed by atoms with Gasteiger partial charge in [0.1, 0.15) is 11.0 Å².